The summed E-state index contributed by atoms with van der Waals surface area (Å²) < 4.78 is 13.5. The third-order valence-electron chi connectivity index (χ3n) is 4.48. The summed E-state index contributed by atoms with van der Waals surface area (Å²) in [6, 6.07) is 6.05. The van der Waals surface area contributed by atoms with Crippen LogP contribution in [0.25, 0.3) is 0 Å². The lowest BCUT2D eigenvalue weighted by molar-refractivity contribution is -0.0323. The van der Waals surface area contributed by atoms with Crippen molar-refractivity contribution < 1.29 is 9.47 Å². The van der Waals surface area contributed by atoms with E-state index in [0.29, 0.717) is 11.8 Å². The van der Waals surface area contributed by atoms with E-state index < -0.39 is 0 Å². The minimum absolute atomic E-state index is 0.119. The smallest absolute Gasteiger partial charge is 0.213 e. The van der Waals surface area contributed by atoms with E-state index >= 15 is 0 Å². The third kappa shape index (κ3) is 4.80. The number of aryl methyl sites for hydroxylation is 1. The fourth-order valence-electron chi connectivity index (χ4n) is 3.27. The highest BCUT2D eigenvalue weighted by molar-refractivity contribution is 5.18. The number of ether oxygens (including phenoxy) is 2. The Balaban J connectivity index is 1.52. The molecule has 0 spiro atoms. The molecule has 136 valence electrons. The average molecular weight is 344 g/mol. The summed E-state index contributed by atoms with van der Waals surface area (Å²) in [7, 11) is 1.98. The number of hydrogen-bond donors (Lipinski definition) is 1. The first-order valence-corrected chi connectivity index (χ1v) is 9.05. The molecule has 0 aliphatic carbocycles. The van der Waals surface area contributed by atoms with E-state index in [1.54, 1.807) is 0 Å². The van der Waals surface area contributed by atoms with Gasteiger partial charge in [-0.15, -0.1) is 0 Å². The fourth-order valence-corrected chi connectivity index (χ4v) is 3.27. The number of nitrogens with one attached hydrogen (secondary N) is 1. The van der Waals surface area contributed by atoms with Gasteiger partial charge >= 0.3 is 0 Å². The molecule has 1 saturated heterocycles. The monoisotopic (exact) mass is 344 g/mol. The quantitative estimate of drug-likeness (QED) is 0.837. The van der Waals surface area contributed by atoms with Gasteiger partial charge in [0.15, 0.2) is 0 Å². The van der Waals surface area contributed by atoms with Crippen molar-refractivity contribution in [2.24, 2.45) is 13.0 Å². The van der Waals surface area contributed by atoms with Gasteiger partial charge in [-0.25, -0.2) is 4.98 Å². The summed E-state index contributed by atoms with van der Waals surface area (Å²) in [4.78, 5) is 4.35. The van der Waals surface area contributed by atoms with Gasteiger partial charge in [-0.2, -0.15) is 5.10 Å². The van der Waals surface area contributed by atoms with Crippen LogP contribution in [0.2, 0.25) is 0 Å². The maximum Gasteiger partial charge on any atom is 0.213 e. The predicted molar refractivity (Wildman–Crippen MR) is 96.3 cm³/mol. The van der Waals surface area contributed by atoms with Gasteiger partial charge in [0.05, 0.1) is 11.8 Å². The lowest BCUT2D eigenvalue weighted by Gasteiger charge is -2.32. The third-order valence-corrected chi connectivity index (χ3v) is 4.48. The minimum atomic E-state index is 0.119. The van der Waals surface area contributed by atoms with Crippen molar-refractivity contribution in [3.63, 3.8) is 0 Å². The van der Waals surface area contributed by atoms with Crippen molar-refractivity contribution in [3.05, 3.63) is 41.9 Å². The molecule has 1 aliphatic rings. The summed E-state index contributed by atoms with van der Waals surface area (Å²) >= 11 is 0. The highest BCUT2D eigenvalue weighted by Gasteiger charge is 2.29. The molecule has 2 atom stereocenters. The number of aromatic nitrogens is 3. The molecule has 3 heterocycles. The van der Waals surface area contributed by atoms with Gasteiger partial charge in [0.1, 0.15) is 6.10 Å². The largest absolute Gasteiger partial charge is 0.475 e. The van der Waals surface area contributed by atoms with Crippen molar-refractivity contribution in [1.29, 1.82) is 0 Å². The fraction of sp³-hybridized carbons (Fsp3) is 0.579. The molecular weight excluding hydrogens is 316 g/mol. The molecule has 0 unspecified atom stereocenters. The van der Waals surface area contributed by atoms with Crippen molar-refractivity contribution in [2.75, 3.05) is 13.2 Å². The van der Waals surface area contributed by atoms with Crippen molar-refractivity contribution >= 4 is 0 Å². The highest BCUT2D eigenvalue weighted by Crippen LogP contribution is 2.32. The van der Waals surface area contributed by atoms with Gasteiger partial charge in [-0.05, 0) is 38.3 Å². The Kier molecular flexibility index (Phi) is 6.04. The first-order chi connectivity index (χ1) is 12.1. The zero-order valence-corrected chi connectivity index (χ0v) is 15.3. The first-order valence-electron chi connectivity index (χ1n) is 9.05. The standard InChI is InChI=1S/C19H28N4O2/c1-14(2)25-18-7-6-15(12-21-18)11-20-13-16-5-4-10-24-19(16)17-8-9-22-23(17)3/h6-9,12,14,16,19-20H,4-5,10-11,13H2,1-3H3/t16-,19+/m0/s1. The second-order valence-corrected chi connectivity index (χ2v) is 6.88. The molecule has 0 amide bonds. The van der Waals surface area contributed by atoms with Crippen LogP contribution >= 0.6 is 0 Å². The molecule has 1 N–H and O–H groups in total. The Labute approximate surface area is 149 Å². The summed E-state index contributed by atoms with van der Waals surface area (Å²) in [5, 5.41) is 7.83. The van der Waals surface area contributed by atoms with Crippen LogP contribution in [-0.4, -0.2) is 34.0 Å². The van der Waals surface area contributed by atoms with E-state index in [2.05, 4.69) is 27.5 Å². The van der Waals surface area contributed by atoms with Crippen LogP contribution in [0, 0.1) is 5.92 Å². The number of rotatable bonds is 7. The summed E-state index contributed by atoms with van der Waals surface area (Å²) in [5.74, 6) is 1.14. The van der Waals surface area contributed by atoms with Crippen molar-refractivity contribution in [1.82, 2.24) is 20.1 Å². The van der Waals surface area contributed by atoms with Gasteiger partial charge in [-0.3, -0.25) is 4.68 Å². The molecule has 0 bridgehead atoms. The lowest BCUT2D eigenvalue weighted by Crippen LogP contribution is -2.32. The molecule has 2 aromatic heterocycles. The molecule has 1 fully saturated rings. The van der Waals surface area contributed by atoms with E-state index in [-0.39, 0.29) is 12.2 Å². The van der Waals surface area contributed by atoms with Gasteiger partial charge in [0, 0.05) is 51.1 Å². The van der Waals surface area contributed by atoms with Crippen LogP contribution in [0.3, 0.4) is 0 Å². The van der Waals surface area contributed by atoms with Crippen LogP contribution < -0.4 is 10.1 Å². The molecule has 0 aromatic carbocycles. The summed E-state index contributed by atoms with van der Waals surface area (Å²) in [5.41, 5.74) is 2.31. The topological polar surface area (TPSA) is 61.2 Å². The average Bonchev–Trinajstić information content (AvgIpc) is 3.02. The molecular formula is C19H28N4O2. The Morgan fingerprint density at radius 1 is 1.36 bits per heavy atom. The van der Waals surface area contributed by atoms with Crippen LogP contribution in [0.15, 0.2) is 30.6 Å². The minimum Gasteiger partial charge on any atom is -0.475 e. The SMILES string of the molecule is CC(C)Oc1ccc(CNC[C@@H]2CCCO[C@H]2c2ccnn2C)cn1. The molecule has 2 aromatic rings. The molecule has 3 rings (SSSR count). The molecule has 0 saturated carbocycles. The van der Waals surface area contributed by atoms with Crippen molar-refractivity contribution in [2.45, 2.75) is 45.4 Å². The van der Waals surface area contributed by atoms with E-state index in [4.69, 9.17) is 9.47 Å². The van der Waals surface area contributed by atoms with Crippen LogP contribution in [-0.2, 0) is 18.3 Å². The van der Waals surface area contributed by atoms with E-state index in [1.165, 1.54) is 6.42 Å². The molecule has 6 nitrogen and oxygen atoms in total. The Hall–Kier alpha value is -1.92. The number of pyridine rings is 1. The van der Waals surface area contributed by atoms with E-state index in [9.17, 15) is 0 Å². The Morgan fingerprint density at radius 3 is 2.92 bits per heavy atom. The molecule has 1 aliphatic heterocycles. The van der Waals surface area contributed by atoms with Gasteiger partial charge in [0.25, 0.3) is 0 Å². The van der Waals surface area contributed by atoms with Crippen LogP contribution in [0.5, 0.6) is 5.88 Å². The maximum atomic E-state index is 6.04. The zero-order valence-electron chi connectivity index (χ0n) is 15.3. The molecule has 0 radical (unpaired) electrons. The van der Waals surface area contributed by atoms with Gasteiger partial charge in [0.2, 0.25) is 5.88 Å². The number of hydrogen-bond acceptors (Lipinski definition) is 5. The summed E-state index contributed by atoms with van der Waals surface area (Å²) in [6.45, 7) is 6.54. The Morgan fingerprint density at radius 2 is 2.24 bits per heavy atom. The van der Waals surface area contributed by atoms with Gasteiger partial charge in [-0.1, -0.05) is 6.07 Å². The number of nitrogens with zero attached hydrogens (tertiary/aromatic N) is 3. The Bertz CT molecular complexity index is 654. The molecule has 6 heteroatoms. The van der Waals surface area contributed by atoms with E-state index in [0.717, 1.165) is 37.4 Å². The predicted octanol–water partition coefficient (Wildman–Crippen LogP) is 2.86. The second kappa shape index (κ2) is 8.45. The molecule has 25 heavy (non-hydrogen) atoms. The maximum absolute atomic E-state index is 6.04. The van der Waals surface area contributed by atoms with Gasteiger partial charge < -0.3 is 14.8 Å². The van der Waals surface area contributed by atoms with Crippen LogP contribution in [0.1, 0.15) is 44.1 Å². The highest BCUT2D eigenvalue weighted by atomic mass is 16.5. The summed E-state index contributed by atoms with van der Waals surface area (Å²) in [6.07, 6.45) is 6.26. The normalized spacial score (nSPS) is 20.8. The first kappa shape index (κ1) is 17.9. The van der Waals surface area contributed by atoms with E-state index in [1.807, 2.05) is 44.0 Å². The van der Waals surface area contributed by atoms with Crippen LogP contribution in [0.4, 0.5) is 0 Å². The lowest BCUT2D eigenvalue weighted by atomic mass is 9.92. The zero-order chi connectivity index (χ0) is 17.6. The van der Waals surface area contributed by atoms with Crippen molar-refractivity contribution in [3.8, 4) is 5.88 Å². The second-order valence-electron chi connectivity index (χ2n) is 6.88.